The Morgan fingerprint density at radius 1 is 1.28 bits per heavy atom. The molecule has 1 amide bonds. The fourth-order valence-electron chi connectivity index (χ4n) is 2.41. The topological polar surface area (TPSA) is 52.2 Å². The number of nitrogens with zero attached hydrogens (tertiary/aromatic N) is 3. The van der Waals surface area contributed by atoms with Crippen molar-refractivity contribution in [1.82, 2.24) is 15.1 Å². The van der Waals surface area contributed by atoms with E-state index in [2.05, 4.69) is 33.3 Å². The number of hydrogen-bond acceptors (Lipinski definition) is 3. The summed E-state index contributed by atoms with van der Waals surface area (Å²) in [6.45, 7) is 5.02. The molecule has 0 unspecified atom stereocenters. The van der Waals surface area contributed by atoms with Gasteiger partial charge < -0.3 is 9.80 Å². The quantitative estimate of drug-likeness (QED) is 0.821. The third-order valence-electron chi connectivity index (χ3n) is 3.51. The fourth-order valence-corrected chi connectivity index (χ4v) is 2.41. The van der Waals surface area contributed by atoms with Crippen LogP contribution in [0.5, 0.6) is 0 Å². The summed E-state index contributed by atoms with van der Waals surface area (Å²) in [6.07, 6.45) is 1.84. The molecule has 0 bridgehead atoms. The molecule has 0 saturated carbocycles. The Kier molecular flexibility index (Phi) is 2.66. The van der Waals surface area contributed by atoms with Gasteiger partial charge in [0.15, 0.2) is 0 Å². The van der Waals surface area contributed by atoms with Crippen molar-refractivity contribution in [2.24, 2.45) is 0 Å². The molecule has 2 heterocycles. The van der Waals surface area contributed by atoms with E-state index < -0.39 is 0 Å². The number of carbonyl (C=O) groups is 1. The highest BCUT2D eigenvalue weighted by atomic mass is 16.2. The van der Waals surface area contributed by atoms with Crippen molar-refractivity contribution in [1.29, 1.82) is 0 Å². The number of amides is 1. The first-order valence-electron chi connectivity index (χ1n) is 6.17. The lowest BCUT2D eigenvalue weighted by Crippen LogP contribution is -2.48. The van der Waals surface area contributed by atoms with E-state index in [9.17, 15) is 4.79 Å². The number of benzene rings is 1. The van der Waals surface area contributed by atoms with Crippen molar-refractivity contribution < 1.29 is 4.79 Å². The largest absolute Gasteiger partial charge is 0.368 e. The third-order valence-corrected chi connectivity index (χ3v) is 3.51. The number of hydrogen-bond donors (Lipinski definition) is 1. The summed E-state index contributed by atoms with van der Waals surface area (Å²) in [4.78, 5) is 15.5. The molecule has 5 heteroatoms. The lowest BCUT2D eigenvalue weighted by molar-refractivity contribution is -0.129. The Balaban J connectivity index is 1.77. The molecule has 1 aromatic heterocycles. The highest BCUT2D eigenvalue weighted by Crippen LogP contribution is 2.21. The molecule has 0 atom stereocenters. The summed E-state index contributed by atoms with van der Waals surface area (Å²) in [5.41, 5.74) is 2.26. The zero-order chi connectivity index (χ0) is 12.5. The Morgan fingerprint density at radius 2 is 2.06 bits per heavy atom. The smallest absolute Gasteiger partial charge is 0.219 e. The summed E-state index contributed by atoms with van der Waals surface area (Å²) in [6, 6.07) is 6.29. The molecule has 1 saturated heterocycles. The Hall–Kier alpha value is -2.04. The summed E-state index contributed by atoms with van der Waals surface area (Å²) in [7, 11) is 0. The van der Waals surface area contributed by atoms with Gasteiger partial charge in [0, 0.05) is 44.2 Å². The van der Waals surface area contributed by atoms with E-state index in [1.807, 2.05) is 11.1 Å². The van der Waals surface area contributed by atoms with Crippen LogP contribution in [0.2, 0.25) is 0 Å². The van der Waals surface area contributed by atoms with Crippen LogP contribution in [-0.2, 0) is 4.79 Å². The molecule has 2 aromatic rings. The molecule has 1 fully saturated rings. The summed E-state index contributed by atoms with van der Waals surface area (Å²) in [5.74, 6) is 0.167. The van der Waals surface area contributed by atoms with Gasteiger partial charge in [0.05, 0.1) is 11.7 Å². The molecular weight excluding hydrogens is 228 g/mol. The van der Waals surface area contributed by atoms with E-state index in [-0.39, 0.29) is 5.91 Å². The van der Waals surface area contributed by atoms with Gasteiger partial charge in [0.2, 0.25) is 5.91 Å². The number of piperazine rings is 1. The van der Waals surface area contributed by atoms with Crippen LogP contribution < -0.4 is 4.90 Å². The molecule has 1 aromatic carbocycles. The van der Waals surface area contributed by atoms with Gasteiger partial charge in [-0.3, -0.25) is 9.89 Å². The number of fused-ring (bicyclic) bond motifs is 1. The monoisotopic (exact) mass is 244 g/mol. The number of H-pyrrole nitrogens is 1. The molecule has 3 rings (SSSR count). The van der Waals surface area contributed by atoms with Crippen LogP contribution in [-0.4, -0.2) is 47.2 Å². The maximum absolute atomic E-state index is 11.3. The van der Waals surface area contributed by atoms with Crippen molar-refractivity contribution in [3.05, 3.63) is 24.4 Å². The van der Waals surface area contributed by atoms with Gasteiger partial charge >= 0.3 is 0 Å². The predicted molar refractivity (Wildman–Crippen MR) is 70.6 cm³/mol. The molecular formula is C13H16N4O. The summed E-state index contributed by atoms with van der Waals surface area (Å²) in [5, 5.41) is 8.10. The third kappa shape index (κ3) is 1.92. The second-order valence-corrected chi connectivity index (χ2v) is 4.63. The van der Waals surface area contributed by atoms with Gasteiger partial charge in [-0.1, -0.05) is 0 Å². The minimum atomic E-state index is 0.167. The van der Waals surface area contributed by atoms with Gasteiger partial charge in [-0.15, -0.1) is 0 Å². The first-order chi connectivity index (χ1) is 8.74. The summed E-state index contributed by atoms with van der Waals surface area (Å²) < 4.78 is 0. The van der Waals surface area contributed by atoms with Crippen LogP contribution in [0.3, 0.4) is 0 Å². The van der Waals surface area contributed by atoms with Gasteiger partial charge in [-0.2, -0.15) is 5.10 Å². The van der Waals surface area contributed by atoms with Gasteiger partial charge in [0.25, 0.3) is 0 Å². The van der Waals surface area contributed by atoms with Crippen molar-refractivity contribution in [2.75, 3.05) is 31.1 Å². The average molecular weight is 244 g/mol. The van der Waals surface area contributed by atoms with E-state index in [0.717, 1.165) is 37.1 Å². The minimum absolute atomic E-state index is 0.167. The van der Waals surface area contributed by atoms with Gasteiger partial charge in [-0.05, 0) is 18.2 Å². The number of aromatic amines is 1. The number of aromatic nitrogens is 2. The van der Waals surface area contributed by atoms with Gasteiger partial charge in [-0.25, -0.2) is 0 Å². The van der Waals surface area contributed by atoms with E-state index in [1.54, 1.807) is 6.92 Å². The second-order valence-electron chi connectivity index (χ2n) is 4.63. The Labute approximate surface area is 105 Å². The normalized spacial score (nSPS) is 16.3. The lowest BCUT2D eigenvalue weighted by atomic mass is 10.2. The van der Waals surface area contributed by atoms with E-state index in [0.29, 0.717) is 0 Å². The number of nitrogens with one attached hydrogen (secondary N) is 1. The van der Waals surface area contributed by atoms with E-state index >= 15 is 0 Å². The molecule has 1 aliphatic heterocycles. The molecule has 0 aliphatic carbocycles. The maximum atomic E-state index is 11.3. The van der Waals surface area contributed by atoms with Gasteiger partial charge in [0.1, 0.15) is 0 Å². The number of carbonyl (C=O) groups excluding carboxylic acids is 1. The van der Waals surface area contributed by atoms with Crippen LogP contribution in [0.25, 0.3) is 10.9 Å². The standard InChI is InChI=1S/C13H16N4O/c1-10(18)16-4-6-17(7-5-16)12-2-3-13-11(8-12)9-14-15-13/h2-3,8-9H,4-7H2,1H3,(H,14,15). The maximum Gasteiger partial charge on any atom is 0.219 e. The van der Waals surface area contributed by atoms with Crippen LogP contribution in [0.4, 0.5) is 5.69 Å². The number of anilines is 1. The highest BCUT2D eigenvalue weighted by molar-refractivity contribution is 5.82. The zero-order valence-electron chi connectivity index (χ0n) is 10.4. The summed E-state index contributed by atoms with van der Waals surface area (Å²) >= 11 is 0. The van der Waals surface area contributed by atoms with Crippen LogP contribution in [0, 0.1) is 0 Å². The molecule has 5 nitrogen and oxygen atoms in total. The molecule has 0 spiro atoms. The average Bonchev–Trinajstić information content (AvgIpc) is 2.86. The van der Waals surface area contributed by atoms with Crippen LogP contribution >= 0.6 is 0 Å². The SMILES string of the molecule is CC(=O)N1CCN(c2ccc3[nH]ncc3c2)CC1. The van der Waals surface area contributed by atoms with Crippen LogP contribution in [0.15, 0.2) is 24.4 Å². The fraction of sp³-hybridized carbons (Fsp3) is 0.385. The molecule has 18 heavy (non-hydrogen) atoms. The Bertz CT molecular complexity index is 569. The van der Waals surface area contributed by atoms with Crippen molar-refractivity contribution in [3.8, 4) is 0 Å². The molecule has 1 N–H and O–H groups in total. The van der Waals surface area contributed by atoms with E-state index in [1.165, 1.54) is 5.69 Å². The predicted octanol–water partition coefficient (Wildman–Crippen LogP) is 1.23. The van der Waals surface area contributed by atoms with Crippen LogP contribution in [0.1, 0.15) is 6.92 Å². The van der Waals surface area contributed by atoms with Crippen molar-refractivity contribution in [3.63, 3.8) is 0 Å². The second kappa shape index (κ2) is 4.33. The zero-order valence-corrected chi connectivity index (χ0v) is 10.4. The lowest BCUT2D eigenvalue weighted by Gasteiger charge is -2.35. The molecule has 1 aliphatic rings. The first-order valence-corrected chi connectivity index (χ1v) is 6.17. The van der Waals surface area contributed by atoms with E-state index in [4.69, 9.17) is 0 Å². The van der Waals surface area contributed by atoms with Crippen molar-refractivity contribution in [2.45, 2.75) is 6.92 Å². The first kappa shape index (κ1) is 11.1. The molecule has 94 valence electrons. The highest BCUT2D eigenvalue weighted by Gasteiger charge is 2.18. The Morgan fingerprint density at radius 3 is 2.78 bits per heavy atom. The molecule has 0 radical (unpaired) electrons. The minimum Gasteiger partial charge on any atom is -0.368 e. The van der Waals surface area contributed by atoms with Crippen molar-refractivity contribution >= 4 is 22.5 Å². The number of rotatable bonds is 1.